The van der Waals surface area contributed by atoms with Crippen molar-refractivity contribution in [3.63, 3.8) is 0 Å². The molecule has 1 aliphatic rings. The van der Waals surface area contributed by atoms with E-state index in [9.17, 15) is 14.7 Å². The molecule has 0 spiro atoms. The van der Waals surface area contributed by atoms with Gasteiger partial charge in [0.25, 0.3) is 11.7 Å². The van der Waals surface area contributed by atoms with Gasteiger partial charge in [-0.2, -0.15) is 0 Å². The molecule has 0 saturated carbocycles. The van der Waals surface area contributed by atoms with Gasteiger partial charge in [-0.3, -0.25) is 9.59 Å². The van der Waals surface area contributed by atoms with E-state index in [1.807, 2.05) is 50.2 Å². The number of carbonyl (C=O) groups is 2. The lowest BCUT2D eigenvalue weighted by atomic mass is 9.95. The summed E-state index contributed by atoms with van der Waals surface area (Å²) in [5.74, 6) is -0.425. The van der Waals surface area contributed by atoms with Crippen LogP contribution in [0.15, 0.2) is 76.9 Å². The predicted molar refractivity (Wildman–Crippen MR) is 125 cm³/mol. The Kier molecular flexibility index (Phi) is 6.22. The third kappa shape index (κ3) is 4.35. The molecule has 7 heteroatoms. The average Bonchev–Trinajstić information content (AvgIpc) is 3.42. The van der Waals surface area contributed by atoms with Crippen molar-refractivity contribution in [2.24, 2.45) is 0 Å². The third-order valence-electron chi connectivity index (χ3n) is 5.61. The number of carbonyl (C=O) groups excluding carboxylic acids is 2. The second kappa shape index (κ2) is 9.24. The summed E-state index contributed by atoms with van der Waals surface area (Å²) in [4.78, 5) is 29.6. The Balaban J connectivity index is 1.81. The summed E-state index contributed by atoms with van der Waals surface area (Å²) in [5, 5.41) is 11.2. The fourth-order valence-corrected chi connectivity index (χ4v) is 3.95. The molecular formula is C26H26N2O5. The lowest BCUT2D eigenvalue weighted by molar-refractivity contribution is -0.140. The number of ether oxygens (including phenoxy) is 1. The molecule has 0 bridgehead atoms. The fraction of sp³-hybridized carbons (Fsp3) is 0.231. The molecule has 1 saturated heterocycles. The number of nitrogens with zero attached hydrogens (tertiary/aromatic N) is 2. The Labute approximate surface area is 192 Å². The Bertz CT molecular complexity index is 1160. The number of hydrogen-bond donors (Lipinski definition) is 1. The minimum atomic E-state index is -0.752. The standard InChI is InChI=1S/C26H26N2O5/c1-4-32-20-13-9-18(10-14-20)24(29)22-23(17-7-11-19(12-8-17)27(2)3)28(26(31)25(22)30)16-21-6-5-15-33-21/h5-15,23,29H,4,16H2,1-3H3/b24-22+. The minimum absolute atomic E-state index is 0.0494. The van der Waals surface area contributed by atoms with E-state index in [-0.39, 0.29) is 17.9 Å². The normalized spacial score (nSPS) is 17.4. The maximum atomic E-state index is 13.1. The van der Waals surface area contributed by atoms with Crippen LogP contribution in [-0.4, -0.2) is 42.4 Å². The molecule has 33 heavy (non-hydrogen) atoms. The zero-order chi connectivity index (χ0) is 23.5. The zero-order valence-electron chi connectivity index (χ0n) is 18.8. The number of Topliss-reactive ketones (excluding diaryl/α,β-unsaturated/α-hetero) is 1. The molecule has 0 radical (unpaired) electrons. The Morgan fingerprint density at radius 3 is 2.33 bits per heavy atom. The van der Waals surface area contributed by atoms with Gasteiger partial charge in [-0.15, -0.1) is 0 Å². The SMILES string of the molecule is CCOc1ccc(/C(O)=C2\C(=O)C(=O)N(Cc3ccco3)C2c2ccc(N(C)C)cc2)cc1. The second-order valence-electron chi connectivity index (χ2n) is 7.95. The molecule has 7 nitrogen and oxygen atoms in total. The summed E-state index contributed by atoms with van der Waals surface area (Å²) in [6.07, 6.45) is 1.52. The highest BCUT2D eigenvalue weighted by molar-refractivity contribution is 6.46. The van der Waals surface area contributed by atoms with Crippen LogP contribution in [-0.2, 0) is 16.1 Å². The van der Waals surface area contributed by atoms with Crippen LogP contribution in [0.5, 0.6) is 5.75 Å². The van der Waals surface area contributed by atoms with Crippen LogP contribution in [0.1, 0.15) is 29.9 Å². The molecule has 2 aromatic carbocycles. The van der Waals surface area contributed by atoms with Crippen molar-refractivity contribution in [3.8, 4) is 5.75 Å². The first kappa shape index (κ1) is 22.2. The molecule has 1 amide bonds. The van der Waals surface area contributed by atoms with Crippen LogP contribution < -0.4 is 9.64 Å². The summed E-state index contributed by atoms with van der Waals surface area (Å²) >= 11 is 0. The van der Waals surface area contributed by atoms with Crippen molar-refractivity contribution in [3.05, 3.63) is 89.4 Å². The molecule has 2 heterocycles. The van der Waals surface area contributed by atoms with Crippen molar-refractivity contribution in [2.75, 3.05) is 25.6 Å². The molecule has 1 atom stereocenters. The van der Waals surface area contributed by atoms with E-state index in [1.54, 1.807) is 36.4 Å². The number of aliphatic hydroxyl groups excluding tert-OH is 1. The van der Waals surface area contributed by atoms with Gasteiger partial charge in [-0.05, 0) is 61.0 Å². The van der Waals surface area contributed by atoms with Gasteiger partial charge in [-0.25, -0.2) is 0 Å². The fourth-order valence-electron chi connectivity index (χ4n) is 3.95. The van der Waals surface area contributed by atoms with E-state index in [0.717, 1.165) is 11.3 Å². The van der Waals surface area contributed by atoms with Crippen LogP contribution >= 0.6 is 0 Å². The highest BCUT2D eigenvalue weighted by Gasteiger charge is 2.46. The van der Waals surface area contributed by atoms with E-state index >= 15 is 0 Å². The number of anilines is 1. The van der Waals surface area contributed by atoms with Crippen LogP contribution in [0.3, 0.4) is 0 Å². The Hall–Kier alpha value is -4.00. The maximum absolute atomic E-state index is 13.1. The summed E-state index contributed by atoms with van der Waals surface area (Å²) in [6.45, 7) is 2.51. The highest BCUT2D eigenvalue weighted by atomic mass is 16.5. The van der Waals surface area contributed by atoms with Gasteiger partial charge in [0.1, 0.15) is 17.3 Å². The largest absolute Gasteiger partial charge is 0.507 e. The van der Waals surface area contributed by atoms with E-state index in [0.29, 0.717) is 23.7 Å². The average molecular weight is 447 g/mol. The minimum Gasteiger partial charge on any atom is -0.507 e. The number of ketones is 1. The van der Waals surface area contributed by atoms with Crippen molar-refractivity contribution < 1.29 is 23.8 Å². The van der Waals surface area contributed by atoms with Crippen LogP contribution in [0, 0.1) is 0 Å². The molecule has 1 aliphatic heterocycles. The molecule has 1 aromatic heterocycles. The molecule has 1 fully saturated rings. The van der Waals surface area contributed by atoms with E-state index in [1.165, 1.54) is 11.2 Å². The van der Waals surface area contributed by atoms with E-state index < -0.39 is 17.7 Å². The lowest BCUT2D eigenvalue weighted by Crippen LogP contribution is -2.29. The van der Waals surface area contributed by atoms with Crippen molar-refractivity contribution in [1.29, 1.82) is 0 Å². The number of likely N-dealkylation sites (tertiary alicyclic amines) is 1. The number of furan rings is 1. The molecule has 0 aliphatic carbocycles. The van der Waals surface area contributed by atoms with E-state index in [4.69, 9.17) is 9.15 Å². The van der Waals surface area contributed by atoms with Gasteiger partial charge in [0.15, 0.2) is 0 Å². The number of benzene rings is 2. The van der Waals surface area contributed by atoms with Gasteiger partial charge in [-0.1, -0.05) is 12.1 Å². The van der Waals surface area contributed by atoms with Gasteiger partial charge in [0.05, 0.1) is 31.0 Å². The number of aliphatic hydroxyl groups is 1. The molecule has 4 rings (SSSR count). The van der Waals surface area contributed by atoms with Gasteiger partial charge in [0.2, 0.25) is 0 Å². The molecule has 170 valence electrons. The molecule has 3 aromatic rings. The first-order valence-corrected chi connectivity index (χ1v) is 10.7. The summed E-state index contributed by atoms with van der Waals surface area (Å²) < 4.78 is 10.9. The maximum Gasteiger partial charge on any atom is 0.296 e. The smallest absolute Gasteiger partial charge is 0.296 e. The third-order valence-corrected chi connectivity index (χ3v) is 5.61. The topological polar surface area (TPSA) is 83.2 Å². The van der Waals surface area contributed by atoms with Crippen LogP contribution in [0.25, 0.3) is 5.76 Å². The number of rotatable bonds is 7. The van der Waals surface area contributed by atoms with Gasteiger partial charge in [0, 0.05) is 25.3 Å². The Morgan fingerprint density at radius 1 is 1.06 bits per heavy atom. The van der Waals surface area contributed by atoms with Crippen molar-refractivity contribution in [1.82, 2.24) is 4.90 Å². The Morgan fingerprint density at radius 2 is 1.76 bits per heavy atom. The van der Waals surface area contributed by atoms with Crippen LogP contribution in [0.4, 0.5) is 5.69 Å². The van der Waals surface area contributed by atoms with Crippen LogP contribution in [0.2, 0.25) is 0 Å². The first-order chi connectivity index (χ1) is 15.9. The number of amides is 1. The lowest BCUT2D eigenvalue weighted by Gasteiger charge is -2.25. The molecule has 1 N–H and O–H groups in total. The predicted octanol–water partition coefficient (Wildman–Crippen LogP) is 4.37. The second-order valence-corrected chi connectivity index (χ2v) is 7.95. The molecular weight excluding hydrogens is 420 g/mol. The zero-order valence-corrected chi connectivity index (χ0v) is 18.8. The quantitative estimate of drug-likeness (QED) is 0.330. The number of hydrogen-bond acceptors (Lipinski definition) is 6. The summed E-state index contributed by atoms with van der Waals surface area (Å²) in [7, 11) is 3.87. The van der Waals surface area contributed by atoms with Gasteiger partial charge >= 0.3 is 0 Å². The van der Waals surface area contributed by atoms with E-state index in [2.05, 4.69) is 0 Å². The monoisotopic (exact) mass is 446 g/mol. The summed E-state index contributed by atoms with van der Waals surface area (Å²) in [6, 6.07) is 17.1. The first-order valence-electron chi connectivity index (χ1n) is 10.7. The molecule has 1 unspecified atom stereocenters. The highest BCUT2D eigenvalue weighted by Crippen LogP contribution is 2.40. The van der Waals surface area contributed by atoms with Crippen molar-refractivity contribution >= 4 is 23.1 Å². The van der Waals surface area contributed by atoms with Crippen molar-refractivity contribution in [2.45, 2.75) is 19.5 Å². The van der Waals surface area contributed by atoms with Gasteiger partial charge < -0.3 is 24.1 Å². The summed E-state index contributed by atoms with van der Waals surface area (Å²) in [5.41, 5.74) is 2.18.